The minimum atomic E-state index is -0.430. The highest BCUT2D eigenvalue weighted by atomic mass is 35.5. The summed E-state index contributed by atoms with van der Waals surface area (Å²) < 4.78 is 12.1. The molecule has 2 rings (SSSR count). The SMILES string of the molecule is CC1(C)OB(c2c(Cl)cccc2CCN)OC1(C)C. The fourth-order valence-electron chi connectivity index (χ4n) is 2.18. The number of halogens is 1. The first-order valence-electron chi connectivity index (χ1n) is 6.61. The second-order valence-corrected chi connectivity index (χ2v) is 6.35. The molecule has 1 aliphatic heterocycles. The average molecular weight is 282 g/mol. The second-order valence-electron chi connectivity index (χ2n) is 5.94. The van der Waals surface area contributed by atoms with Crippen molar-refractivity contribution >= 4 is 24.2 Å². The molecule has 3 nitrogen and oxygen atoms in total. The van der Waals surface area contributed by atoms with E-state index >= 15 is 0 Å². The van der Waals surface area contributed by atoms with E-state index in [0.717, 1.165) is 17.4 Å². The molecule has 0 aliphatic carbocycles. The van der Waals surface area contributed by atoms with E-state index in [1.54, 1.807) is 0 Å². The molecule has 1 fully saturated rings. The summed E-state index contributed by atoms with van der Waals surface area (Å²) in [5.74, 6) is 0. The zero-order valence-corrected chi connectivity index (χ0v) is 12.8. The van der Waals surface area contributed by atoms with Gasteiger partial charge in [-0.2, -0.15) is 0 Å². The molecule has 0 spiro atoms. The summed E-state index contributed by atoms with van der Waals surface area (Å²) in [6.45, 7) is 8.71. The average Bonchev–Trinajstić information content (AvgIpc) is 2.48. The van der Waals surface area contributed by atoms with Crippen LogP contribution >= 0.6 is 11.6 Å². The molecule has 2 N–H and O–H groups in total. The van der Waals surface area contributed by atoms with Crippen LogP contribution in [0, 0.1) is 0 Å². The summed E-state index contributed by atoms with van der Waals surface area (Å²) >= 11 is 6.33. The van der Waals surface area contributed by atoms with Gasteiger partial charge in [0.2, 0.25) is 0 Å². The first-order valence-corrected chi connectivity index (χ1v) is 6.99. The third-order valence-electron chi connectivity index (χ3n) is 4.05. The van der Waals surface area contributed by atoms with Crippen molar-refractivity contribution in [1.29, 1.82) is 0 Å². The minimum Gasteiger partial charge on any atom is -0.399 e. The Morgan fingerprint density at radius 3 is 2.26 bits per heavy atom. The number of benzene rings is 1. The molecule has 0 unspecified atom stereocenters. The zero-order valence-electron chi connectivity index (χ0n) is 12.0. The fourth-order valence-corrected chi connectivity index (χ4v) is 2.46. The highest BCUT2D eigenvalue weighted by molar-refractivity contribution is 6.66. The lowest BCUT2D eigenvalue weighted by Crippen LogP contribution is -2.41. The van der Waals surface area contributed by atoms with E-state index in [4.69, 9.17) is 26.6 Å². The van der Waals surface area contributed by atoms with Crippen LogP contribution < -0.4 is 11.2 Å². The van der Waals surface area contributed by atoms with Gasteiger partial charge < -0.3 is 15.0 Å². The van der Waals surface area contributed by atoms with E-state index in [9.17, 15) is 0 Å². The van der Waals surface area contributed by atoms with Gasteiger partial charge in [-0.25, -0.2) is 0 Å². The van der Waals surface area contributed by atoms with Crippen molar-refractivity contribution in [3.8, 4) is 0 Å². The third-order valence-corrected chi connectivity index (χ3v) is 4.38. The molecule has 0 atom stereocenters. The summed E-state index contributed by atoms with van der Waals surface area (Å²) in [6, 6.07) is 5.82. The lowest BCUT2D eigenvalue weighted by atomic mass is 9.75. The summed E-state index contributed by atoms with van der Waals surface area (Å²) in [6.07, 6.45) is 0.764. The zero-order chi connectivity index (χ0) is 14.3. The van der Waals surface area contributed by atoms with Crippen LogP contribution in [-0.4, -0.2) is 24.9 Å². The molecule has 0 bridgehead atoms. The Balaban J connectivity index is 2.39. The molecule has 1 aromatic rings. The van der Waals surface area contributed by atoms with Crippen molar-refractivity contribution in [3.63, 3.8) is 0 Å². The molecule has 1 saturated heterocycles. The van der Waals surface area contributed by atoms with E-state index in [0.29, 0.717) is 11.6 Å². The van der Waals surface area contributed by atoms with Crippen molar-refractivity contribution in [3.05, 3.63) is 28.8 Å². The van der Waals surface area contributed by atoms with E-state index in [2.05, 4.69) is 0 Å². The highest BCUT2D eigenvalue weighted by Crippen LogP contribution is 2.37. The van der Waals surface area contributed by atoms with Gasteiger partial charge in [-0.3, -0.25) is 0 Å². The number of hydrogen-bond acceptors (Lipinski definition) is 3. The summed E-state index contributed by atoms with van der Waals surface area (Å²) in [4.78, 5) is 0. The Kier molecular flexibility index (Phi) is 3.98. The van der Waals surface area contributed by atoms with Crippen molar-refractivity contribution in [2.75, 3.05) is 6.54 Å². The van der Waals surface area contributed by atoms with Gasteiger partial charge in [-0.1, -0.05) is 23.7 Å². The second kappa shape index (κ2) is 5.10. The van der Waals surface area contributed by atoms with Crippen molar-refractivity contribution < 1.29 is 9.31 Å². The van der Waals surface area contributed by atoms with Crippen LogP contribution in [-0.2, 0) is 15.7 Å². The number of nitrogens with two attached hydrogens (primary N) is 1. The quantitative estimate of drug-likeness (QED) is 0.864. The molecule has 1 aromatic carbocycles. The van der Waals surface area contributed by atoms with Gasteiger partial charge in [0.25, 0.3) is 0 Å². The van der Waals surface area contributed by atoms with E-state index in [-0.39, 0.29) is 11.2 Å². The van der Waals surface area contributed by atoms with Crippen LogP contribution in [0.15, 0.2) is 18.2 Å². The number of hydrogen-bond donors (Lipinski definition) is 1. The van der Waals surface area contributed by atoms with Gasteiger partial charge in [0.15, 0.2) is 0 Å². The lowest BCUT2D eigenvalue weighted by Gasteiger charge is -2.32. The normalized spacial score (nSPS) is 20.8. The van der Waals surface area contributed by atoms with Crippen LogP contribution in [0.2, 0.25) is 5.02 Å². The van der Waals surface area contributed by atoms with Gasteiger partial charge in [0.1, 0.15) is 0 Å². The molecule has 1 heterocycles. The summed E-state index contributed by atoms with van der Waals surface area (Å²) in [5, 5.41) is 0.671. The Bertz CT molecular complexity index is 461. The first-order chi connectivity index (χ1) is 8.78. The topological polar surface area (TPSA) is 44.5 Å². The predicted octanol–water partition coefficient (Wildman–Crippen LogP) is 2.14. The van der Waals surface area contributed by atoms with Crippen LogP contribution in [0.5, 0.6) is 0 Å². The molecule has 104 valence electrons. The van der Waals surface area contributed by atoms with Crippen LogP contribution in [0.25, 0.3) is 0 Å². The Labute approximate surface area is 120 Å². The van der Waals surface area contributed by atoms with Gasteiger partial charge in [-0.05, 0) is 52.3 Å². The van der Waals surface area contributed by atoms with E-state index < -0.39 is 7.12 Å². The number of rotatable bonds is 3. The van der Waals surface area contributed by atoms with Gasteiger partial charge in [-0.15, -0.1) is 0 Å². The maximum Gasteiger partial charge on any atom is 0.496 e. The van der Waals surface area contributed by atoms with Crippen molar-refractivity contribution in [2.24, 2.45) is 5.73 Å². The monoisotopic (exact) mass is 281 g/mol. The molecule has 5 heteroatoms. The van der Waals surface area contributed by atoms with Crippen molar-refractivity contribution in [2.45, 2.75) is 45.3 Å². The van der Waals surface area contributed by atoms with Gasteiger partial charge in [0.05, 0.1) is 11.2 Å². The van der Waals surface area contributed by atoms with Crippen LogP contribution in [0.4, 0.5) is 0 Å². The van der Waals surface area contributed by atoms with Crippen LogP contribution in [0.3, 0.4) is 0 Å². The molecule has 0 saturated carbocycles. The smallest absolute Gasteiger partial charge is 0.399 e. The van der Waals surface area contributed by atoms with E-state index in [1.807, 2.05) is 45.9 Å². The molecule has 0 amide bonds. The molecule has 0 radical (unpaired) electrons. The summed E-state index contributed by atoms with van der Waals surface area (Å²) in [7, 11) is -0.430. The molecule has 0 aromatic heterocycles. The standard InChI is InChI=1S/C14H21BClNO2/c1-13(2)14(3,4)19-15(18-13)12-10(8-9-17)6-5-7-11(12)16/h5-7H,8-9,17H2,1-4H3. The molecule has 19 heavy (non-hydrogen) atoms. The molecular weight excluding hydrogens is 260 g/mol. The van der Waals surface area contributed by atoms with Gasteiger partial charge >= 0.3 is 7.12 Å². The minimum absolute atomic E-state index is 0.364. The Morgan fingerprint density at radius 2 is 1.74 bits per heavy atom. The Hall–Kier alpha value is -0.545. The van der Waals surface area contributed by atoms with Crippen LogP contribution in [0.1, 0.15) is 33.3 Å². The van der Waals surface area contributed by atoms with Gasteiger partial charge in [0, 0.05) is 10.5 Å². The molecular formula is C14H21BClNO2. The predicted molar refractivity (Wildman–Crippen MR) is 79.9 cm³/mol. The lowest BCUT2D eigenvalue weighted by molar-refractivity contribution is 0.00578. The largest absolute Gasteiger partial charge is 0.496 e. The molecule has 1 aliphatic rings. The van der Waals surface area contributed by atoms with E-state index in [1.165, 1.54) is 0 Å². The van der Waals surface area contributed by atoms with Crippen molar-refractivity contribution in [1.82, 2.24) is 0 Å². The maximum absolute atomic E-state index is 6.33. The third kappa shape index (κ3) is 2.68. The summed E-state index contributed by atoms with van der Waals surface area (Å²) in [5.41, 5.74) is 6.93. The first kappa shape index (κ1) is 14.9. The Morgan fingerprint density at radius 1 is 1.16 bits per heavy atom. The fraction of sp³-hybridized carbons (Fsp3) is 0.571. The highest BCUT2D eigenvalue weighted by Gasteiger charge is 2.52. The maximum atomic E-state index is 6.33.